The van der Waals surface area contributed by atoms with E-state index in [9.17, 15) is 24.0 Å². The largest absolute Gasteiger partial charge is 0.464 e. The van der Waals surface area contributed by atoms with Gasteiger partial charge in [0.2, 0.25) is 5.91 Å². The van der Waals surface area contributed by atoms with Crippen LogP contribution in [-0.4, -0.2) is 141 Å². The summed E-state index contributed by atoms with van der Waals surface area (Å²) >= 11 is 0. The average molecular weight is 1170 g/mol. The van der Waals surface area contributed by atoms with Gasteiger partial charge in [-0.05, 0) is 112 Å². The molecule has 16 nitrogen and oxygen atoms in total. The van der Waals surface area contributed by atoms with Crippen LogP contribution in [0.1, 0.15) is 104 Å². The van der Waals surface area contributed by atoms with Crippen molar-refractivity contribution >= 4 is 108 Å². The number of rotatable bonds is 9. The number of cyclic esters (lactones) is 1. The van der Waals surface area contributed by atoms with E-state index in [1.54, 1.807) is 18.2 Å². The molecular formula is C57H82N8O8S5. The lowest BCUT2D eigenvalue weighted by molar-refractivity contribution is -0.155. The molecule has 2 aromatic heterocycles. The molecule has 4 fully saturated rings. The second kappa shape index (κ2) is 26.9. The van der Waals surface area contributed by atoms with Crippen molar-refractivity contribution in [1.82, 2.24) is 40.0 Å². The number of carbonyl (C=O) groups is 5. The van der Waals surface area contributed by atoms with Crippen LogP contribution in [0, 0.1) is 23.2 Å². The monoisotopic (exact) mass is 1170 g/mol. The molecule has 4 saturated heterocycles. The summed E-state index contributed by atoms with van der Waals surface area (Å²) in [6.07, 6.45) is 4.61. The Morgan fingerprint density at radius 2 is 1.68 bits per heavy atom. The number of hydrogen-bond acceptors (Lipinski definition) is 11. The molecule has 78 heavy (non-hydrogen) atoms. The first-order chi connectivity index (χ1) is 34.8. The van der Waals surface area contributed by atoms with Crippen LogP contribution in [0.15, 0.2) is 60.8 Å². The molecule has 9 rings (SSSR count). The molecule has 4 amide bonds. The standard InChI is InChI=1S/C57H72N8O8.5H2S/c1-10-63-46-20-19-40-31-42(46)43(50(63)41-17-12-24-58-48(41)37(4)71-9)32-55(5,6)34-72-53(69)44-18-13-27-65(60-44)52(68)45(30-38-15-11-16-39(40)29-38)59-51(67)49(36(2)3)64-35-73-57(54(64)70)23-28-61(33-57)47(66)21-22-56(7,8)62-25-14-26-62;;;;;/h11-12,15-17,19-20,24,29,31,36-37,44-45,49,60H,10,13-14,18,23,25-28,30,32-35H2,1-9H3,(H,59,67);5*1H2/t37-,44-,45-,49-,57-;;;;;/m0...../s1. The first kappa shape index (κ1) is 66.1. The first-order valence-corrected chi connectivity index (χ1v) is 26.1. The lowest BCUT2D eigenvalue weighted by Gasteiger charge is -2.41. The Kier molecular flexibility index (Phi) is 22.8. The van der Waals surface area contributed by atoms with Crippen LogP contribution in [0.4, 0.5) is 0 Å². The summed E-state index contributed by atoms with van der Waals surface area (Å²) in [5.41, 5.74) is 8.67. The molecule has 7 heterocycles. The Morgan fingerprint density at radius 1 is 0.949 bits per heavy atom. The van der Waals surface area contributed by atoms with E-state index in [1.807, 2.05) is 52.8 Å². The van der Waals surface area contributed by atoms with Crippen LogP contribution in [0.3, 0.4) is 0 Å². The predicted molar refractivity (Wildman–Crippen MR) is 329 cm³/mol. The molecule has 4 aromatic rings. The van der Waals surface area contributed by atoms with Crippen molar-refractivity contribution in [2.45, 2.75) is 136 Å². The summed E-state index contributed by atoms with van der Waals surface area (Å²) in [4.78, 5) is 81.7. The number of amides is 4. The number of carbonyl (C=O) groups excluding carboxylic acids is 5. The number of esters is 1. The van der Waals surface area contributed by atoms with E-state index in [1.165, 1.54) is 9.91 Å². The molecule has 0 unspecified atom stereocenters. The molecule has 0 saturated carbocycles. The van der Waals surface area contributed by atoms with Crippen molar-refractivity contribution in [2.75, 3.05) is 53.2 Å². The molecule has 428 valence electrons. The molecule has 5 aliphatic heterocycles. The minimum atomic E-state index is -1.31. The maximum Gasteiger partial charge on any atom is 0.324 e. The number of aryl methyl sites for hydroxylation is 1. The van der Waals surface area contributed by atoms with Gasteiger partial charge in [0.05, 0.1) is 36.2 Å². The van der Waals surface area contributed by atoms with Gasteiger partial charge in [-0.2, -0.15) is 67.5 Å². The van der Waals surface area contributed by atoms with E-state index in [-0.39, 0.29) is 124 Å². The molecule has 21 heteroatoms. The average Bonchev–Trinajstić information content (AvgIpc) is 4.03. The van der Waals surface area contributed by atoms with E-state index < -0.39 is 52.5 Å². The number of fused-ring (bicyclic) bond motifs is 6. The molecule has 1 spiro atoms. The summed E-state index contributed by atoms with van der Waals surface area (Å²) in [7, 11) is 1.69. The third kappa shape index (κ3) is 13.3. The van der Waals surface area contributed by atoms with E-state index >= 15 is 0 Å². The highest BCUT2D eigenvalue weighted by atomic mass is 32.1. The maximum atomic E-state index is 14.9. The third-order valence-corrected chi connectivity index (χ3v) is 15.6. The normalized spacial score (nSPS) is 22.0. The fourth-order valence-electron chi connectivity index (χ4n) is 11.3. The number of benzene rings is 2. The number of nitrogens with one attached hydrogen (secondary N) is 2. The summed E-state index contributed by atoms with van der Waals surface area (Å²) in [5, 5.41) is 5.59. The molecule has 2 aromatic carbocycles. The molecule has 6 bridgehead atoms. The SMILES string of the molecule is CCn1c(-c2cccnc2[C@H](C)OC)c2c3cc(ccc31)-c1cccc(c1)C[C@H](NC(=O)[C@H](C(C)C)N1CO[C@]3(CCN(C(=O)C#CC(C)(C)N4CCC4)C3)C1=O)C(=O)N1CCC[C@H](N1)C(=O)OCC(C)(C)C2.S.S.S.S.S. The Morgan fingerprint density at radius 3 is 2.36 bits per heavy atom. The third-order valence-electron chi connectivity index (χ3n) is 15.6. The van der Waals surface area contributed by atoms with Crippen LogP contribution in [0.25, 0.3) is 33.3 Å². The Balaban J connectivity index is 0.00000262. The molecular weight excluding hydrogens is 1090 g/mol. The minimum absolute atomic E-state index is 0. The second-order valence-corrected chi connectivity index (χ2v) is 22.2. The first-order valence-electron chi connectivity index (χ1n) is 26.1. The molecule has 2 N–H and O–H groups in total. The van der Waals surface area contributed by atoms with Crippen molar-refractivity contribution < 1.29 is 38.2 Å². The van der Waals surface area contributed by atoms with Crippen molar-refractivity contribution in [3.8, 4) is 34.2 Å². The van der Waals surface area contributed by atoms with Crippen LogP contribution in [-0.2, 0) is 57.6 Å². The number of likely N-dealkylation sites (tertiary alicyclic amines) is 2. The van der Waals surface area contributed by atoms with Gasteiger partial charge in [0.25, 0.3) is 17.7 Å². The van der Waals surface area contributed by atoms with Crippen LogP contribution < -0.4 is 10.7 Å². The van der Waals surface area contributed by atoms with Crippen molar-refractivity contribution in [1.29, 1.82) is 0 Å². The van der Waals surface area contributed by atoms with Crippen molar-refractivity contribution in [3.05, 3.63) is 77.6 Å². The van der Waals surface area contributed by atoms with E-state index in [0.717, 1.165) is 69.6 Å². The summed E-state index contributed by atoms with van der Waals surface area (Å²) in [6, 6.07) is 15.7. The number of aromatic nitrogens is 2. The van der Waals surface area contributed by atoms with E-state index in [2.05, 4.69) is 89.2 Å². The van der Waals surface area contributed by atoms with Gasteiger partial charge >= 0.3 is 5.97 Å². The van der Waals surface area contributed by atoms with Gasteiger partial charge in [0.15, 0.2) is 5.60 Å². The van der Waals surface area contributed by atoms with Gasteiger partial charge in [-0.15, -0.1) is 0 Å². The fourth-order valence-corrected chi connectivity index (χ4v) is 11.3. The van der Waals surface area contributed by atoms with E-state index in [4.69, 9.17) is 19.2 Å². The zero-order valence-corrected chi connectivity index (χ0v) is 51.5. The van der Waals surface area contributed by atoms with Crippen LogP contribution >= 0.6 is 67.5 Å². The molecule has 5 atom stereocenters. The zero-order valence-electron chi connectivity index (χ0n) is 46.5. The number of nitrogens with zero attached hydrogens (tertiary/aromatic N) is 6. The Hall–Kier alpha value is -4.37. The van der Waals surface area contributed by atoms with Gasteiger partial charge in [0.1, 0.15) is 24.9 Å². The van der Waals surface area contributed by atoms with Gasteiger partial charge in [-0.3, -0.25) is 38.9 Å². The Labute approximate surface area is 495 Å². The predicted octanol–water partition coefficient (Wildman–Crippen LogP) is 6.61. The maximum absolute atomic E-state index is 14.9. The van der Waals surface area contributed by atoms with Gasteiger partial charge in [-0.25, -0.2) is 5.43 Å². The van der Waals surface area contributed by atoms with E-state index in [0.29, 0.717) is 38.9 Å². The van der Waals surface area contributed by atoms with Gasteiger partial charge in [-0.1, -0.05) is 63.9 Å². The number of ether oxygens (including phenoxy) is 3. The highest BCUT2D eigenvalue weighted by Gasteiger charge is 2.56. The van der Waals surface area contributed by atoms with Crippen molar-refractivity contribution in [3.63, 3.8) is 0 Å². The molecule has 0 aliphatic carbocycles. The summed E-state index contributed by atoms with van der Waals surface area (Å²) in [5.74, 6) is 3.47. The summed E-state index contributed by atoms with van der Waals surface area (Å²) < 4.78 is 20.6. The fraction of sp³-hybridized carbons (Fsp3) is 0.544. The number of pyridine rings is 1. The van der Waals surface area contributed by atoms with Crippen LogP contribution in [0.2, 0.25) is 0 Å². The van der Waals surface area contributed by atoms with Crippen molar-refractivity contribution in [2.24, 2.45) is 11.3 Å². The number of methoxy groups -OCH3 is 1. The Bertz CT molecular complexity index is 2890. The lowest BCUT2D eigenvalue weighted by Crippen LogP contribution is -2.62. The lowest BCUT2D eigenvalue weighted by atomic mass is 9.84. The smallest absolute Gasteiger partial charge is 0.324 e. The molecule has 5 aliphatic rings. The highest BCUT2D eigenvalue weighted by Crippen LogP contribution is 2.42. The summed E-state index contributed by atoms with van der Waals surface area (Å²) in [6.45, 7) is 19.3. The molecule has 0 radical (unpaired) electrons. The van der Waals surface area contributed by atoms with Gasteiger partial charge in [0, 0.05) is 80.8 Å². The van der Waals surface area contributed by atoms with Crippen LogP contribution in [0.5, 0.6) is 0 Å². The topological polar surface area (TPSA) is 168 Å². The highest BCUT2D eigenvalue weighted by molar-refractivity contribution is 7.60. The number of hydrogen-bond donors (Lipinski definition) is 2. The minimum Gasteiger partial charge on any atom is -0.464 e. The second-order valence-electron chi connectivity index (χ2n) is 22.2. The number of hydrazine groups is 1. The van der Waals surface area contributed by atoms with Gasteiger partial charge < -0.3 is 33.9 Å². The quantitative estimate of drug-likeness (QED) is 0.137. The zero-order chi connectivity index (χ0) is 52.0.